The van der Waals surface area contributed by atoms with Crippen LogP contribution in [0.2, 0.25) is 5.15 Å². The van der Waals surface area contributed by atoms with E-state index in [0.717, 1.165) is 24.2 Å². The summed E-state index contributed by atoms with van der Waals surface area (Å²) in [5, 5.41) is 9.56. The Morgan fingerprint density at radius 2 is 2.36 bits per heavy atom. The molecule has 1 saturated carbocycles. The van der Waals surface area contributed by atoms with Gasteiger partial charge < -0.3 is 10.0 Å². The lowest BCUT2D eigenvalue weighted by Gasteiger charge is -2.13. The fraction of sp³-hybridized carbons (Fsp3) is 0.500. The van der Waals surface area contributed by atoms with Gasteiger partial charge in [0.25, 0.3) is 0 Å². The Balaban J connectivity index is 2.26. The quantitative estimate of drug-likeness (QED) is 0.867. The highest BCUT2D eigenvalue weighted by Crippen LogP contribution is 2.35. The van der Waals surface area contributed by atoms with Crippen LogP contribution in [0.3, 0.4) is 0 Å². The summed E-state index contributed by atoms with van der Waals surface area (Å²) >= 11 is 6.83. The Kier molecular flexibility index (Phi) is 2.36. The molecule has 1 aromatic rings. The largest absolute Gasteiger partial charge is 0.477 e. The molecule has 0 amide bonds. The summed E-state index contributed by atoms with van der Waals surface area (Å²) in [7, 11) is 1.92. The molecular weight excluding hydrogens is 224 g/mol. The van der Waals surface area contributed by atoms with Gasteiger partial charge in [-0.25, -0.2) is 9.78 Å². The molecule has 0 atom stereocenters. The highest BCUT2D eigenvalue weighted by molar-refractivity contribution is 7.18. The fourth-order valence-corrected chi connectivity index (χ4v) is 2.35. The van der Waals surface area contributed by atoms with Crippen LogP contribution in [0.25, 0.3) is 0 Å². The minimum atomic E-state index is -1.01. The smallest absolute Gasteiger partial charge is 0.349 e. The van der Waals surface area contributed by atoms with Crippen molar-refractivity contribution in [3.63, 3.8) is 0 Å². The molecular formula is C8H9ClN2O2S. The summed E-state index contributed by atoms with van der Waals surface area (Å²) in [5.41, 5.74) is 0. The lowest BCUT2D eigenvalue weighted by molar-refractivity contribution is 0.0702. The molecule has 4 nitrogen and oxygen atoms in total. The lowest BCUT2D eigenvalue weighted by atomic mass is 10.6. The van der Waals surface area contributed by atoms with Gasteiger partial charge in [0.05, 0.1) is 0 Å². The zero-order valence-corrected chi connectivity index (χ0v) is 9.10. The van der Waals surface area contributed by atoms with Crippen molar-refractivity contribution in [3.8, 4) is 0 Å². The van der Waals surface area contributed by atoms with Crippen LogP contribution in [-0.4, -0.2) is 29.1 Å². The maximum atomic E-state index is 10.7. The van der Waals surface area contributed by atoms with Crippen molar-refractivity contribution in [1.82, 2.24) is 4.98 Å². The van der Waals surface area contributed by atoms with Gasteiger partial charge >= 0.3 is 5.97 Å². The molecule has 6 heteroatoms. The Hall–Kier alpha value is -0.810. The average molecular weight is 233 g/mol. The monoisotopic (exact) mass is 232 g/mol. The molecule has 1 aliphatic carbocycles. The third-order valence-electron chi connectivity index (χ3n) is 2.17. The van der Waals surface area contributed by atoms with E-state index in [0.29, 0.717) is 11.2 Å². The molecule has 1 aliphatic rings. The van der Waals surface area contributed by atoms with Gasteiger partial charge in [0, 0.05) is 13.1 Å². The Morgan fingerprint density at radius 1 is 1.71 bits per heavy atom. The number of aromatic carboxylic acids is 1. The minimum Gasteiger partial charge on any atom is -0.477 e. The molecule has 0 aromatic carbocycles. The van der Waals surface area contributed by atoms with Gasteiger partial charge in [0.2, 0.25) is 0 Å². The molecule has 0 radical (unpaired) electrons. The number of nitrogens with zero attached hydrogens (tertiary/aromatic N) is 2. The maximum absolute atomic E-state index is 10.7. The number of thiazole rings is 1. The van der Waals surface area contributed by atoms with E-state index in [2.05, 4.69) is 4.98 Å². The third-order valence-corrected chi connectivity index (χ3v) is 3.68. The first kappa shape index (κ1) is 9.73. The van der Waals surface area contributed by atoms with Gasteiger partial charge in [-0.1, -0.05) is 22.9 Å². The number of rotatable bonds is 3. The van der Waals surface area contributed by atoms with Crippen molar-refractivity contribution in [2.24, 2.45) is 0 Å². The normalized spacial score (nSPS) is 15.6. The summed E-state index contributed by atoms with van der Waals surface area (Å²) in [4.78, 5) is 16.8. The van der Waals surface area contributed by atoms with Gasteiger partial charge in [-0.05, 0) is 12.8 Å². The van der Waals surface area contributed by atoms with Crippen molar-refractivity contribution < 1.29 is 9.90 Å². The first-order chi connectivity index (χ1) is 6.59. The second-order valence-corrected chi connectivity index (χ2v) is 4.60. The van der Waals surface area contributed by atoms with E-state index in [9.17, 15) is 4.79 Å². The first-order valence-electron chi connectivity index (χ1n) is 4.22. The van der Waals surface area contributed by atoms with Crippen molar-refractivity contribution >= 4 is 34.0 Å². The summed E-state index contributed by atoms with van der Waals surface area (Å²) in [6.07, 6.45) is 2.30. The Bertz CT molecular complexity index is 375. The highest BCUT2D eigenvalue weighted by atomic mass is 35.5. The maximum Gasteiger partial charge on any atom is 0.349 e. The van der Waals surface area contributed by atoms with Gasteiger partial charge in [0.15, 0.2) is 15.2 Å². The molecule has 1 fully saturated rings. The van der Waals surface area contributed by atoms with E-state index >= 15 is 0 Å². The highest BCUT2D eigenvalue weighted by Gasteiger charge is 2.29. The molecule has 1 aromatic heterocycles. The topological polar surface area (TPSA) is 53.4 Å². The van der Waals surface area contributed by atoms with Crippen molar-refractivity contribution in [3.05, 3.63) is 10.0 Å². The molecule has 0 unspecified atom stereocenters. The van der Waals surface area contributed by atoms with E-state index in [1.54, 1.807) is 0 Å². The van der Waals surface area contributed by atoms with E-state index in [1.165, 1.54) is 0 Å². The third kappa shape index (κ3) is 1.69. The minimum absolute atomic E-state index is 0.0880. The van der Waals surface area contributed by atoms with Gasteiger partial charge in [0.1, 0.15) is 0 Å². The molecule has 1 N–H and O–H groups in total. The van der Waals surface area contributed by atoms with Crippen LogP contribution in [0, 0.1) is 0 Å². The SMILES string of the molecule is CN(c1nc(Cl)c(C(=O)O)s1)C1CC1. The fourth-order valence-electron chi connectivity index (χ4n) is 1.19. The average Bonchev–Trinajstić information content (AvgIpc) is 2.88. The van der Waals surface area contributed by atoms with Crippen LogP contribution in [0.1, 0.15) is 22.5 Å². The molecule has 0 aliphatic heterocycles. The zero-order chi connectivity index (χ0) is 10.3. The molecule has 0 spiro atoms. The second kappa shape index (κ2) is 3.40. The van der Waals surface area contributed by atoms with Crippen LogP contribution < -0.4 is 4.90 Å². The summed E-state index contributed by atoms with van der Waals surface area (Å²) in [6, 6.07) is 0.513. The van der Waals surface area contributed by atoms with E-state index < -0.39 is 5.97 Å². The van der Waals surface area contributed by atoms with Gasteiger partial charge in [-0.2, -0.15) is 0 Å². The predicted molar refractivity (Wildman–Crippen MR) is 55.5 cm³/mol. The first-order valence-corrected chi connectivity index (χ1v) is 5.41. The number of aromatic nitrogens is 1. The van der Waals surface area contributed by atoms with Crippen LogP contribution >= 0.6 is 22.9 Å². The predicted octanol–water partition coefficient (Wildman–Crippen LogP) is 2.09. The van der Waals surface area contributed by atoms with Crippen molar-refractivity contribution in [2.75, 3.05) is 11.9 Å². The Morgan fingerprint density at radius 3 is 2.79 bits per heavy atom. The van der Waals surface area contributed by atoms with Gasteiger partial charge in [-0.15, -0.1) is 0 Å². The number of halogens is 1. The zero-order valence-electron chi connectivity index (χ0n) is 7.53. The second-order valence-electron chi connectivity index (χ2n) is 3.26. The lowest BCUT2D eigenvalue weighted by Crippen LogP contribution is -2.18. The molecule has 0 saturated heterocycles. The van der Waals surface area contributed by atoms with Crippen LogP contribution in [0.4, 0.5) is 5.13 Å². The Labute approximate surface area is 90.1 Å². The van der Waals surface area contributed by atoms with Crippen LogP contribution in [0.5, 0.6) is 0 Å². The molecule has 0 bridgehead atoms. The van der Waals surface area contributed by atoms with E-state index in [4.69, 9.17) is 16.7 Å². The van der Waals surface area contributed by atoms with Crippen molar-refractivity contribution in [2.45, 2.75) is 18.9 Å². The number of anilines is 1. The molecule has 2 rings (SSSR count). The number of hydrogen-bond donors (Lipinski definition) is 1. The van der Waals surface area contributed by atoms with E-state index in [-0.39, 0.29) is 10.0 Å². The number of hydrogen-bond acceptors (Lipinski definition) is 4. The van der Waals surface area contributed by atoms with E-state index in [1.807, 2.05) is 11.9 Å². The number of carboxylic acids is 1. The van der Waals surface area contributed by atoms with Crippen LogP contribution in [0.15, 0.2) is 0 Å². The number of carbonyl (C=O) groups is 1. The standard InChI is InChI=1S/C8H9ClN2O2S/c1-11(4-2-3-4)8-10-6(9)5(14-8)7(12)13/h4H,2-3H2,1H3,(H,12,13). The number of carboxylic acid groups (broad SMARTS) is 1. The van der Waals surface area contributed by atoms with Crippen LogP contribution in [-0.2, 0) is 0 Å². The van der Waals surface area contributed by atoms with Crippen molar-refractivity contribution in [1.29, 1.82) is 0 Å². The summed E-state index contributed by atoms with van der Waals surface area (Å²) < 4.78 is 0. The molecule has 1 heterocycles. The summed E-state index contributed by atoms with van der Waals surface area (Å²) in [6.45, 7) is 0. The van der Waals surface area contributed by atoms with Gasteiger partial charge in [-0.3, -0.25) is 0 Å². The molecule has 14 heavy (non-hydrogen) atoms. The molecule has 76 valence electrons. The summed E-state index contributed by atoms with van der Waals surface area (Å²) in [5.74, 6) is -1.01.